The lowest BCUT2D eigenvalue weighted by molar-refractivity contribution is 0.389. The fourth-order valence-electron chi connectivity index (χ4n) is 3.11. The molecule has 1 unspecified atom stereocenters. The second-order valence-corrected chi connectivity index (χ2v) is 7.08. The molecule has 0 aliphatic rings. The van der Waals surface area contributed by atoms with Crippen LogP contribution in [0.2, 0.25) is 0 Å². The Morgan fingerprint density at radius 2 is 1.86 bits per heavy atom. The first kappa shape index (κ1) is 16.0. The van der Waals surface area contributed by atoms with E-state index in [2.05, 4.69) is 64.3 Å². The van der Waals surface area contributed by atoms with Crippen molar-refractivity contribution in [2.24, 2.45) is 11.7 Å². The fourth-order valence-corrected chi connectivity index (χ4v) is 3.11. The normalized spacial score (nSPS) is 14.1. The Morgan fingerprint density at radius 1 is 1.24 bits per heavy atom. The van der Waals surface area contributed by atoms with Gasteiger partial charge in [-0.25, -0.2) is 4.98 Å². The SMILES string of the molecule is CCC(CC)C(N)c1c(C(C)(C)C)nc2c(C)cccn12. The highest BCUT2D eigenvalue weighted by Gasteiger charge is 2.30. The van der Waals surface area contributed by atoms with Crippen molar-refractivity contribution >= 4 is 5.65 Å². The largest absolute Gasteiger partial charge is 0.322 e. The Morgan fingerprint density at radius 3 is 2.38 bits per heavy atom. The molecule has 0 bridgehead atoms. The highest BCUT2D eigenvalue weighted by Crippen LogP contribution is 2.34. The molecule has 0 amide bonds. The Hall–Kier alpha value is -1.35. The number of nitrogens with two attached hydrogens (primary N) is 1. The monoisotopic (exact) mass is 287 g/mol. The molecule has 3 nitrogen and oxygen atoms in total. The standard InChI is InChI=1S/C18H29N3/c1-7-13(8-2)14(19)15-16(18(4,5)6)20-17-12(3)10-9-11-21(15)17/h9-11,13-14H,7-8,19H2,1-6H3. The molecule has 0 saturated carbocycles. The number of imidazole rings is 1. The fraction of sp³-hybridized carbons (Fsp3) is 0.611. The van der Waals surface area contributed by atoms with Crippen molar-refractivity contribution in [1.82, 2.24) is 9.38 Å². The smallest absolute Gasteiger partial charge is 0.140 e. The summed E-state index contributed by atoms with van der Waals surface area (Å²) in [6, 6.07) is 4.23. The van der Waals surface area contributed by atoms with Gasteiger partial charge in [-0.1, -0.05) is 53.5 Å². The number of fused-ring (bicyclic) bond motifs is 1. The van der Waals surface area contributed by atoms with E-state index in [4.69, 9.17) is 10.7 Å². The number of hydrogen-bond donors (Lipinski definition) is 1. The van der Waals surface area contributed by atoms with Crippen molar-refractivity contribution in [1.29, 1.82) is 0 Å². The van der Waals surface area contributed by atoms with E-state index in [9.17, 15) is 0 Å². The molecular weight excluding hydrogens is 258 g/mol. The van der Waals surface area contributed by atoms with Crippen molar-refractivity contribution in [3.63, 3.8) is 0 Å². The van der Waals surface area contributed by atoms with E-state index in [1.807, 2.05) is 0 Å². The molecule has 0 fully saturated rings. The number of nitrogens with zero attached hydrogens (tertiary/aromatic N) is 2. The summed E-state index contributed by atoms with van der Waals surface area (Å²) >= 11 is 0. The predicted molar refractivity (Wildman–Crippen MR) is 89.6 cm³/mol. The van der Waals surface area contributed by atoms with Gasteiger partial charge in [0.25, 0.3) is 0 Å². The van der Waals surface area contributed by atoms with Crippen molar-refractivity contribution in [3.05, 3.63) is 35.3 Å². The van der Waals surface area contributed by atoms with Gasteiger partial charge in [-0.2, -0.15) is 0 Å². The third-order valence-electron chi connectivity index (χ3n) is 4.46. The summed E-state index contributed by atoms with van der Waals surface area (Å²) < 4.78 is 2.21. The Kier molecular flexibility index (Phi) is 4.43. The maximum absolute atomic E-state index is 6.66. The Labute approximate surface area is 128 Å². The van der Waals surface area contributed by atoms with E-state index in [0.29, 0.717) is 5.92 Å². The molecule has 2 rings (SSSR count). The molecule has 1 atom stereocenters. The van der Waals surface area contributed by atoms with Crippen molar-refractivity contribution < 1.29 is 0 Å². The first-order chi connectivity index (χ1) is 9.81. The van der Waals surface area contributed by atoms with Crippen LogP contribution in [-0.2, 0) is 5.41 Å². The van der Waals surface area contributed by atoms with E-state index in [-0.39, 0.29) is 11.5 Å². The minimum absolute atomic E-state index is 0.00253. The average Bonchev–Trinajstić information content (AvgIpc) is 2.80. The van der Waals surface area contributed by atoms with Crippen LogP contribution in [-0.4, -0.2) is 9.38 Å². The molecule has 0 saturated heterocycles. The minimum Gasteiger partial charge on any atom is -0.322 e. The third kappa shape index (κ3) is 2.84. The highest BCUT2D eigenvalue weighted by molar-refractivity contribution is 5.52. The van der Waals surface area contributed by atoms with Gasteiger partial charge in [-0.3, -0.25) is 0 Å². The lowest BCUT2D eigenvalue weighted by Gasteiger charge is -2.26. The van der Waals surface area contributed by atoms with E-state index >= 15 is 0 Å². The van der Waals surface area contributed by atoms with Gasteiger partial charge in [0.05, 0.1) is 17.4 Å². The van der Waals surface area contributed by atoms with Crippen molar-refractivity contribution in [2.45, 2.75) is 65.8 Å². The molecule has 0 spiro atoms. The van der Waals surface area contributed by atoms with E-state index in [1.54, 1.807) is 0 Å². The van der Waals surface area contributed by atoms with Crippen LogP contribution in [0, 0.1) is 12.8 Å². The van der Waals surface area contributed by atoms with Gasteiger partial charge in [0.15, 0.2) is 0 Å². The molecule has 116 valence electrons. The number of hydrogen-bond acceptors (Lipinski definition) is 2. The van der Waals surface area contributed by atoms with Crippen LogP contribution in [0.25, 0.3) is 5.65 Å². The highest BCUT2D eigenvalue weighted by atomic mass is 15.0. The lowest BCUT2D eigenvalue weighted by atomic mass is 9.84. The zero-order chi connectivity index (χ0) is 15.8. The van der Waals surface area contributed by atoms with Gasteiger partial charge in [0, 0.05) is 11.6 Å². The zero-order valence-corrected chi connectivity index (χ0v) is 14.3. The number of pyridine rings is 1. The average molecular weight is 287 g/mol. The zero-order valence-electron chi connectivity index (χ0n) is 14.3. The summed E-state index contributed by atoms with van der Waals surface area (Å²) in [5.41, 5.74) is 11.2. The molecule has 2 aromatic heterocycles. The molecule has 0 aromatic carbocycles. The minimum atomic E-state index is -0.00253. The van der Waals surface area contributed by atoms with Gasteiger partial charge in [0.1, 0.15) is 5.65 Å². The van der Waals surface area contributed by atoms with Crippen LogP contribution in [0.1, 0.15) is 70.5 Å². The van der Waals surface area contributed by atoms with Gasteiger partial charge in [0.2, 0.25) is 0 Å². The number of rotatable bonds is 4. The summed E-state index contributed by atoms with van der Waals surface area (Å²) in [5, 5.41) is 0. The molecule has 3 heteroatoms. The molecule has 0 aliphatic carbocycles. The van der Waals surface area contributed by atoms with Gasteiger partial charge in [-0.05, 0) is 24.5 Å². The van der Waals surface area contributed by atoms with Crippen LogP contribution in [0.5, 0.6) is 0 Å². The Balaban J connectivity index is 2.72. The molecule has 0 radical (unpaired) electrons. The predicted octanol–water partition coefficient (Wildman–Crippen LogP) is 4.38. The van der Waals surface area contributed by atoms with Crippen LogP contribution in [0.3, 0.4) is 0 Å². The van der Waals surface area contributed by atoms with Gasteiger partial charge < -0.3 is 10.1 Å². The van der Waals surface area contributed by atoms with E-state index in [1.165, 1.54) is 11.3 Å². The second-order valence-electron chi connectivity index (χ2n) is 7.08. The number of aryl methyl sites for hydroxylation is 1. The molecule has 0 aliphatic heterocycles. The van der Waals surface area contributed by atoms with E-state index < -0.39 is 0 Å². The summed E-state index contributed by atoms with van der Waals surface area (Å²) in [6.07, 6.45) is 4.29. The van der Waals surface area contributed by atoms with Crippen LogP contribution < -0.4 is 5.73 Å². The van der Waals surface area contributed by atoms with Gasteiger partial charge in [-0.15, -0.1) is 0 Å². The topological polar surface area (TPSA) is 43.3 Å². The molecule has 2 N–H and O–H groups in total. The number of aromatic nitrogens is 2. The third-order valence-corrected chi connectivity index (χ3v) is 4.46. The summed E-state index contributed by atoms with van der Waals surface area (Å²) in [5.74, 6) is 0.492. The van der Waals surface area contributed by atoms with Crippen LogP contribution >= 0.6 is 0 Å². The van der Waals surface area contributed by atoms with Crippen LogP contribution in [0.4, 0.5) is 0 Å². The summed E-state index contributed by atoms with van der Waals surface area (Å²) in [6.45, 7) is 13.2. The van der Waals surface area contributed by atoms with E-state index in [0.717, 1.165) is 24.2 Å². The quantitative estimate of drug-likeness (QED) is 0.907. The lowest BCUT2D eigenvalue weighted by Crippen LogP contribution is -2.26. The first-order valence-corrected chi connectivity index (χ1v) is 8.04. The van der Waals surface area contributed by atoms with Crippen molar-refractivity contribution in [2.75, 3.05) is 0 Å². The maximum Gasteiger partial charge on any atom is 0.140 e. The first-order valence-electron chi connectivity index (χ1n) is 8.04. The molecule has 2 heterocycles. The molecule has 2 aromatic rings. The van der Waals surface area contributed by atoms with Crippen LogP contribution in [0.15, 0.2) is 18.3 Å². The van der Waals surface area contributed by atoms with Gasteiger partial charge >= 0.3 is 0 Å². The maximum atomic E-state index is 6.66. The Bertz CT molecular complexity index is 615. The summed E-state index contributed by atoms with van der Waals surface area (Å²) in [7, 11) is 0. The second kappa shape index (κ2) is 5.80. The molecular formula is C18H29N3. The van der Waals surface area contributed by atoms with Crippen molar-refractivity contribution in [3.8, 4) is 0 Å². The molecule has 21 heavy (non-hydrogen) atoms. The summed E-state index contributed by atoms with van der Waals surface area (Å²) in [4.78, 5) is 4.94.